The zero-order chi connectivity index (χ0) is 16.9. The smallest absolute Gasteiger partial charge is 0.315 e. The number of carbonyl (C=O) groups excluding carboxylic acids is 2. The fourth-order valence-corrected chi connectivity index (χ4v) is 3.61. The molecular formula is C19H27N3O2. The molecule has 5 heteroatoms. The summed E-state index contributed by atoms with van der Waals surface area (Å²) < 4.78 is 0. The van der Waals surface area contributed by atoms with Gasteiger partial charge in [-0.05, 0) is 31.9 Å². The number of hydrogen-bond donors (Lipinski definition) is 2. The van der Waals surface area contributed by atoms with Crippen LogP contribution in [0.25, 0.3) is 0 Å². The van der Waals surface area contributed by atoms with Gasteiger partial charge in [-0.1, -0.05) is 43.4 Å². The van der Waals surface area contributed by atoms with Crippen molar-refractivity contribution in [2.24, 2.45) is 0 Å². The highest BCUT2D eigenvalue weighted by atomic mass is 16.2. The van der Waals surface area contributed by atoms with Crippen LogP contribution in [-0.2, 0) is 4.79 Å². The first-order valence-electron chi connectivity index (χ1n) is 9.06. The summed E-state index contributed by atoms with van der Waals surface area (Å²) in [7, 11) is 0. The van der Waals surface area contributed by atoms with Crippen molar-refractivity contribution in [2.45, 2.75) is 64.0 Å². The van der Waals surface area contributed by atoms with Gasteiger partial charge in [0, 0.05) is 24.7 Å². The first kappa shape index (κ1) is 16.8. The van der Waals surface area contributed by atoms with Crippen LogP contribution in [0.3, 0.4) is 0 Å². The normalized spacial score (nSPS) is 22.3. The van der Waals surface area contributed by atoms with Gasteiger partial charge in [-0.2, -0.15) is 0 Å². The maximum Gasteiger partial charge on any atom is 0.315 e. The van der Waals surface area contributed by atoms with Crippen LogP contribution >= 0.6 is 0 Å². The van der Waals surface area contributed by atoms with Crippen LogP contribution in [0.4, 0.5) is 10.5 Å². The molecule has 1 aromatic carbocycles. The molecule has 130 valence electrons. The maximum absolute atomic E-state index is 12.2. The Morgan fingerprint density at radius 1 is 1.00 bits per heavy atom. The monoisotopic (exact) mass is 329 g/mol. The van der Waals surface area contributed by atoms with Crippen molar-refractivity contribution in [3.05, 3.63) is 29.8 Å². The summed E-state index contributed by atoms with van der Waals surface area (Å²) in [5.74, 6) is 0.0682. The number of aryl methyl sites for hydroxylation is 1. The van der Waals surface area contributed by atoms with Crippen molar-refractivity contribution in [1.29, 1.82) is 0 Å². The van der Waals surface area contributed by atoms with Gasteiger partial charge in [0.15, 0.2) is 0 Å². The van der Waals surface area contributed by atoms with Gasteiger partial charge < -0.3 is 15.5 Å². The Morgan fingerprint density at radius 3 is 2.29 bits per heavy atom. The summed E-state index contributed by atoms with van der Waals surface area (Å²) in [6.07, 6.45) is 7.40. The predicted molar refractivity (Wildman–Crippen MR) is 95.1 cm³/mol. The highest BCUT2D eigenvalue weighted by molar-refractivity contribution is 5.96. The molecule has 2 aliphatic rings. The SMILES string of the molecule is Cc1ccc(N2CC(NC(=O)NC3CCCCCC3)CC2=O)cc1. The largest absolute Gasteiger partial charge is 0.335 e. The van der Waals surface area contributed by atoms with Crippen molar-refractivity contribution in [3.8, 4) is 0 Å². The molecule has 0 aromatic heterocycles. The number of benzene rings is 1. The van der Waals surface area contributed by atoms with Gasteiger partial charge in [-0.3, -0.25) is 4.79 Å². The summed E-state index contributed by atoms with van der Waals surface area (Å²) in [4.78, 5) is 26.2. The standard InChI is InChI=1S/C19H27N3O2/c1-14-8-10-17(11-9-14)22-13-16(12-18(22)23)21-19(24)20-15-6-4-2-3-5-7-15/h8-11,15-16H,2-7,12-13H2,1H3,(H2,20,21,24). The lowest BCUT2D eigenvalue weighted by Gasteiger charge is -2.20. The molecule has 24 heavy (non-hydrogen) atoms. The third kappa shape index (κ3) is 4.28. The fraction of sp³-hybridized carbons (Fsp3) is 0.579. The molecule has 0 spiro atoms. The van der Waals surface area contributed by atoms with E-state index in [2.05, 4.69) is 10.6 Å². The van der Waals surface area contributed by atoms with Crippen molar-refractivity contribution in [1.82, 2.24) is 10.6 Å². The second kappa shape index (κ2) is 7.69. The van der Waals surface area contributed by atoms with Gasteiger partial charge in [-0.25, -0.2) is 4.79 Å². The van der Waals surface area contributed by atoms with Crippen molar-refractivity contribution in [3.63, 3.8) is 0 Å². The number of nitrogens with one attached hydrogen (secondary N) is 2. The van der Waals surface area contributed by atoms with Gasteiger partial charge in [-0.15, -0.1) is 0 Å². The predicted octanol–water partition coefficient (Wildman–Crippen LogP) is 3.12. The summed E-state index contributed by atoms with van der Waals surface area (Å²) in [6, 6.07) is 7.94. The van der Waals surface area contributed by atoms with Crippen LogP contribution in [0.1, 0.15) is 50.5 Å². The Bertz CT molecular complexity index is 577. The topological polar surface area (TPSA) is 61.4 Å². The summed E-state index contributed by atoms with van der Waals surface area (Å²) in [5, 5.41) is 6.06. The zero-order valence-corrected chi connectivity index (χ0v) is 14.4. The molecule has 0 radical (unpaired) electrons. The Hall–Kier alpha value is -2.04. The fourth-order valence-electron chi connectivity index (χ4n) is 3.61. The van der Waals surface area contributed by atoms with Crippen LogP contribution < -0.4 is 15.5 Å². The molecule has 2 N–H and O–H groups in total. The van der Waals surface area contributed by atoms with Crippen molar-refractivity contribution in [2.75, 3.05) is 11.4 Å². The summed E-state index contributed by atoms with van der Waals surface area (Å²) in [6.45, 7) is 2.57. The number of anilines is 1. The van der Waals surface area contributed by atoms with Crippen LogP contribution in [0.2, 0.25) is 0 Å². The molecule has 1 unspecified atom stereocenters. The number of hydrogen-bond acceptors (Lipinski definition) is 2. The number of amides is 3. The molecule has 1 aliphatic carbocycles. The van der Waals surface area contributed by atoms with Gasteiger partial charge in [0.2, 0.25) is 5.91 Å². The average molecular weight is 329 g/mol. The van der Waals surface area contributed by atoms with E-state index in [1.807, 2.05) is 31.2 Å². The van der Waals surface area contributed by atoms with E-state index in [-0.39, 0.29) is 24.0 Å². The molecular weight excluding hydrogens is 302 g/mol. The van der Waals surface area contributed by atoms with Crippen LogP contribution in [-0.4, -0.2) is 30.6 Å². The molecule has 3 amide bonds. The zero-order valence-electron chi connectivity index (χ0n) is 14.4. The first-order valence-corrected chi connectivity index (χ1v) is 9.06. The molecule has 5 nitrogen and oxygen atoms in total. The van der Waals surface area contributed by atoms with Crippen LogP contribution in [0, 0.1) is 6.92 Å². The summed E-state index contributed by atoms with van der Waals surface area (Å²) in [5.41, 5.74) is 2.07. The third-order valence-electron chi connectivity index (χ3n) is 5.00. The van der Waals surface area contributed by atoms with Crippen LogP contribution in [0.5, 0.6) is 0 Å². The molecule has 1 aromatic rings. The summed E-state index contributed by atoms with van der Waals surface area (Å²) >= 11 is 0. The Morgan fingerprint density at radius 2 is 1.62 bits per heavy atom. The lowest BCUT2D eigenvalue weighted by molar-refractivity contribution is -0.117. The second-order valence-electron chi connectivity index (χ2n) is 7.05. The number of nitrogens with zero attached hydrogens (tertiary/aromatic N) is 1. The minimum absolute atomic E-state index is 0.0682. The molecule has 1 saturated carbocycles. The van der Waals surface area contributed by atoms with E-state index >= 15 is 0 Å². The van der Waals surface area contributed by atoms with Gasteiger partial charge in [0.25, 0.3) is 0 Å². The molecule has 3 rings (SSSR count). The van der Waals surface area contributed by atoms with E-state index in [9.17, 15) is 9.59 Å². The average Bonchev–Trinajstić information content (AvgIpc) is 2.74. The van der Waals surface area contributed by atoms with Crippen LogP contribution in [0.15, 0.2) is 24.3 Å². The van der Waals surface area contributed by atoms with E-state index in [4.69, 9.17) is 0 Å². The minimum Gasteiger partial charge on any atom is -0.335 e. The van der Waals surface area contributed by atoms with E-state index in [0.717, 1.165) is 18.5 Å². The van der Waals surface area contributed by atoms with E-state index in [1.54, 1.807) is 4.90 Å². The molecule has 1 heterocycles. The lowest BCUT2D eigenvalue weighted by Crippen LogP contribution is -2.47. The molecule has 1 atom stereocenters. The second-order valence-corrected chi connectivity index (χ2v) is 7.05. The maximum atomic E-state index is 12.2. The van der Waals surface area contributed by atoms with E-state index in [0.29, 0.717) is 13.0 Å². The number of urea groups is 1. The Labute approximate surface area is 143 Å². The number of rotatable bonds is 3. The molecule has 0 bridgehead atoms. The van der Waals surface area contributed by atoms with Gasteiger partial charge in [0.05, 0.1) is 6.04 Å². The quantitative estimate of drug-likeness (QED) is 0.837. The third-order valence-corrected chi connectivity index (χ3v) is 5.00. The van der Waals surface area contributed by atoms with Crippen molar-refractivity contribution < 1.29 is 9.59 Å². The first-order chi connectivity index (χ1) is 11.6. The van der Waals surface area contributed by atoms with Gasteiger partial charge >= 0.3 is 6.03 Å². The Kier molecular flexibility index (Phi) is 5.38. The van der Waals surface area contributed by atoms with Crippen molar-refractivity contribution >= 4 is 17.6 Å². The Balaban J connectivity index is 1.52. The van der Waals surface area contributed by atoms with Gasteiger partial charge in [0.1, 0.15) is 0 Å². The number of carbonyl (C=O) groups is 2. The molecule has 1 aliphatic heterocycles. The van der Waals surface area contributed by atoms with E-state index < -0.39 is 0 Å². The highest BCUT2D eigenvalue weighted by Crippen LogP contribution is 2.22. The molecule has 2 fully saturated rings. The molecule has 1 saturated heterocycles. The van der Waals surface area contributed by atoms with E-state index in [1.165, 1.54) is 31.2 Å². The minimum atomic E-state index is -0.134. The lowest BCUT2D eigenvalue weighted by atomic mass is 10.1. The highest BCUT2D eigenvalue weighted by Gasteiger charge is 2.31.